The zero-order chi connectivity index (χ0) is 14.7. The molecule has 0 radical (unpaired) electrons. The van der Waals surface area contributed by atoms with Gasteiger partial charge < -0.3 is 15.2 Å². The molecule has 0 bridgehead atoms. The van der Waals surface area contributed by atoms with Gasteiger partial charge in [0.15, 0.2) is 0 Å². The van der Waals surface area contributed by atoms with E-state index in [4.69, 9.17) is 9.84 Å². The maximum Gasteiger partial charge on any atom is 0.329 e. The van der Waals surface area contributed by atoms with E-state index in [1.54, 1.807) is 24.3 Å². The van der Waals surface area contributed by atoms with Crippen LogP contribution < -0.4 is 15.0 Å². The second-order valence-electron chi connectivity index (χ2n) is 4.28. The van der Waals surface area contributed by atoms with E-state index < -0.39 is 23.9 Å². The minimum Gasteiger partial charge on any atom is -0.495 e. The van der Waals surface area contributed by atoms with Gasteiger partial charge in [0, 0.05) is 6.42 Å². The standard InChI is InChI=1S/C13H14N2O5/c1-20-10-5-3-2-4-9(10)15-12(18)8(14-13(15)19)6-7-11(16)17/h2-5,8H,6-7H2,1H3,(H,14,19)(H,16,17). The number of carboxylic acid groups (broad SMARTS) is 1. The molecule has 1 atom stereocenters. The van der Waals surface area contributed by atoms with Gasteiger partial charge in [-0.2, -0.15) is 0 Å². The minimum atomic E-state index is -1.01. The number of hydrogen-bond acceptors (Lipinski definition) is 4. The molecule has 1 aliphatic rings. The van der Waals surface area contributed by atoms with Gasteiger partial charge in [0.2, 0.25) is 0 Å². The van der Waals surface area contributed by atoms with E-state index in [-0.39, 0.29) is 12.8 Å². The second kappa shape index (κ2) is 5.60. The molecule has 0 aromatic heterocycles. The summed E-state index contributed by atoms with van der Waals surface area (Å²) in [5.41, 5.74) is 0.343. The molecule has 7 heteroatoms. The quantitative estimate of drug-likeness (QED) is 0.783. The Morgan fingerprint density at radius 2 is 2.10 bits per heavy atom. The molecular formula is C13H14N2O5. The fourth-order valence-electron chi connectivity index (χ4n) is 2.04. The number of imide groups is 1. The first-order valence-electron chi connectivity index (χ1n) is 6.04. The van der Waals surface area contributed by atoms with Crippen molar-refractivity contribution in [2.45, 2.75) is 18.9 Å². The maximum absolute atomic E-state index is 12.2. The lowest BCUT2D eigenvalue weighted by Crippen LogP contribution is -2.31. The average Bonchev–Trinajstić information content (AvgIpc) is 2.71. The molecule has 20 heavy (non-hydrogen) atoms. The lowest BCUT2D eigenvalue weighted by molar-refractivity contribution is -0.137. The molecule has 1 fully saturated rings. The zero-order valence-electron chi connectivity index (χ0n) is 10.8. The van der Waals surface area contributed by atoms with E-state index in [0.29, 0.717) is 11.4 Å². The Morgan fingerprint density at radius 1 is 1.40 bits per heavy atom. The Kier molecular flexibility index (Phi) is 3.88. The van der Waals surface area contributed by atoms with Crippen LogP contribution in [0.25, 0.3) is 0 Å². The number of anilines is 1. The summed E-state index contributed by atoms with van der Waals surface area (Å²) in [6, 6.07) is 5.25. The largest absolute Gasteiger partial charge is 0.495 e. The number of ether oxygens (including phenoxy) is 1. The SMILES string of the molecule is COc1ccccc1N1C(=O)NC(CCC(=O)O)C1=O. The minimum absolute atomic E-state index is 0.0611. The molecule has 106 valence electrons. The molecule has 1 unspecified atom stereocenters. The number of methoxy groups -OCH3 is 1. The number of benzene rings is 1. The molecule has 0 aliphatic carbocycles. The third-order valence-electron chi connectivity index (χ3n) is 2.99. The molecule has 2 N–H and O–H groups in total. The molecular weight excluding hydrogens is 264 g/mol. The number of carboxylic acids is 1. The van der Waals surface area contributed by atoms with Crippen molar-refractivity contribution < 1.29 is 24.2 Å². The Hall–Kier alpha value is -2.57. The number of amides is 3. The van der Waals surface area contributed by atoms with E-state index in [0.717, 1.165) is 4.90 Å². The van der Waals surface area contributed by atoms with Crippen LogP contribution in [0.2, 0.25) is 0 Å². The number of carbonyl (C=O) groups excluding carboxylic acids is 2. The number of nitrogens with one attached hydrogen (secondary N) is 1. The van der Waals surface area contributed by atoms with E-state index >= 15 is 0 Å². The van der Waals surface area contributed by atoms with Gasteiger partial charge in [0.25, 0.3) is 5.91 Å². The van der Waals surface area contributed by atoms with Crippen molar-refractivity contribution in [1.29, 1.82) is 0 Å². The Morgan fingerprint density at radius 3 is 2.75 bits per heavy atom. The maximum atomic E-state index is 12.2. The van der Waals surface area contributed by atoms with Gasteiger partial charge in [-0.05, 0) is 18.6 Å². The smallest absolute Gasteiger partial charge is 0.329 e. The molecule has 1 saturated heterocycles. The van der Waals surface area contributed by atoms with Gasteiger partial charge in [-0.3, -0.25) is 9.59 Å². The van der Waals surface area contributed by atoms with Crippen LogP contribution in [0.3, 0.4) is 0 Å². The highest BCUT2D eigenvalue weighted by atomic mass is 16.5. The van der Waals surface area contributed by atoms with Crippen molar-refractivity contribution in [2.75, 3.05) is 12.0 Å². The molecule has 3 amide bonds. The monoisotopic (exact) mass is 278 g/mol. The first kappa shape index (κ1) is 13.9. The van der Waals surface area contributed by atoms with E-state index in [1.807, 2.05) is 0 Å². The number of rotatable bonds is 5. The third-order valence-corrected chi connectivity index (χ3v) is 2.99. The predicted octanol–water partition coefficient (Wildman–Crippen LogP) is 0.985. The van der Waals surface area contributed by atoms with Crippen molar-refractivity contribution >= 4 is 23.6 Å². The number of hydrogen-bond donors (Lipinski definition) is 2. The summed E-state index contributed by atoms with van der Waals surface area (Å²) >= 11 is 0. The topological polar surface area (TPSA) is 95.9 Å². The molecule has 0 saturated carbocycles. The van der Waals surface area contributed by atoms with Crippen molar-refractivity contribution in [3.8, 4) is 5.75 Å². The number of para-hydroxylation sites is 2. The fourth-order valence-corrected chi connectivity index (χ4v) is 2.04. The van der Waals surface area contributed by atoms with Crippen LogP contribution in [0.4, 0.5) is 10.5 Å². The molecule has 7 nitrogen and oxygen atoms in total. The number of urea groups is 1. The lowest BCUT2D eigenvalue weighted by atomic mass is 10.1. The van der Waals surface area contributed by atoms with Crippen LogP contribution in [0.1, 0.15) is 12.8 Å². The first-order valence-corrected chi connectivity index (χ1v) is 6.04. The van der Waals surface area contributed by atoms with Gasteiger partial charge in [0.1, 0.15) is 11.8 Å². The summed E-state index contributed by atoms with van der Waals surface area (Å²) in [4.78, 5) is 35.6. The van der Waals surface area contributed by atoms with Crippen LogP contribution in [-0.4, -0.2) is 36.2 Å². The fraction of sp³-hybridized carbons (Fsp3) is 0.308. The Bertz CT molecular complexity index is 557. The van der Waals surface area contributed by atoms with Crippen LogP contribution in [-0.2, 0) is 9.59 Å². The van der Waals surface area contributed by atoms with Crippen LogP contribution in [0.5, 0.6) is 5.75 Å². The van der Waals surface area contributed by atoms with Gasteiger partial charge in [0.05, 0.1) is 12.8 Å². The van der Waals surface area contributed by atoms with E-state index in [2.05, 4.69) is 5.32 Å². The van der Waals surface area contributed by atoms with Crippen molar-refractivity contribution in [3.63, 3.8) is 0 Å². The Labute approximate surface area is 115 Å². The highest BCUT2D eigenvalue weighted by Gasteiger charge is 2.40. The van der Waals surface area contributed by atoms with Crippen LogP contribution >= 0.6 is 0 Å². The summed E-state index contributed by atoms with van der Waals surface area (Å²) in [6.45, 7) is 0. The summed E-state index contributed by atoms with van der Waals surface area (Å²) in [5, 5.41) is 11.1. The third kappa shape index (κ3) is 2.56. The molecule has 1 aromatic carbocycles. The van der Waals surface area contributed by atoms with Crippen molar-refractivity contribution in [3.05, 3.63) is 24.3 Å². The average molecular weight is 278 g/mol. The number of carbonyl (C=O) groups is 3. The molecule has 1 aliphatic heterocycles. The van der Waals surface area contributed by atoms with Crippen molar-refractivity contribution in [2.24, 2.45) is 0 Å². The zero-order valence-corrected chi connectivity index (χ0v) is 10.8. The molecule has 2 rings (SSSR count). The summed E-state index contributed by atoms with van der Waals surface area (Å²) < 4.78 is 5.12. The number of aliphatic carboxylic acids is 1. The highest BCUT2D eigenvalue weighted by molar-refractivity contribution is 6.22. The Balaban J connectivity index is 2.22. The predicted molar refractivity (Wildman–Crippen MR) is 69.7 cm³/mol. The van der Waals surface area contributed by atoms with Gasteiger partial charge >= 0.3 is 12.0 Å². The van der Waals surface area contributed by atoms with Gasteiger partial charge in [-0.15, -0.1) is 0 Å². The van der Waals surface area contributed by atoms with Gasteiger partial charge in [-0.1, -0.05) is 12.1 Å². The molecule has 1 aromatic rings. The normalized spacial score (nSPS) is 18.1. The lowest BCUT2D eigenvalue weighted by Gasteiger charge is -2.16. The first-order chi connectivity index (χ1) is 9.54. The van der Waals surface area contributed by atoms with Gasteiger partial charge in [-0.25, -0.2) is 9.69 Å². The van der Waals surface area contributed by atoms with Crippen LogP contribution in [0, 0.1) is 0 Å². The highest BCUT2D eigenvalue weighted by Crippen LogP contribution is 2.30. The molecule has 1 heterocycles. The van der Waals surface area contributed by atoms with Crippen LogP contribution in [0.15, 0.2) is 24.3 Å². The van der Waals surface area contributed by atoms with E-state index in [1.165, 1.54) is 7.11 Å². The van der Waals surface area contributed by atoms with Crippen molar-refractivity contribution in [1.82, 2.24) is 5.32 Å². The number of nitrogens with zero attached hydrogens (tertiary/aromatic N) is 1. The second-order valence-corrected chi connectivity index (χ2v) is 4.28. The van der Waals surface area contributed by atoms with E-state index in [9.17, 15) is 14.4 Å². The molecule has 0 spiro atoms. The summed E-state index contributed by atoms with van der Waals surface area (Å²) in [5.74, 6) is -1.08. The summed E-state index contributed by atoms with van der Waals surface area (Å²) in [6.07, 6.45) is -0.123. The summed E-state index contributed by atoms with van der Waals surface area (Å²) in [7, 11) is 1.44.